The molecule has 1 aromatic carbocycles. The molecule has 0 unspecified atom stereocenters. The molecule has 1 aromatic heterocycles. The fraction of sp³-hybridized carbons (Fsp3) is 0.558. The lowest BCUT2D eigenvalue weighted by Crippen LogP contribution is -2.61. The molecule has 2 aromatic rings. The lowest BCUT2D eigenvalue weighted by Gasteiger charge is -2.27. The van der Waals surface area contributed by atoms with Gasteiger partial charge in [-0.05, 0) is 50.2 Å². The molecule has 25 nitrogen and oxygen atoms in total. The van der Waals surface area contributed by atoms with Crippen molar-refractivity contribution in [3.05, 3.63) is 54.1 Å². The summed E-state index contributed by atoms with van der Waals surface area (Å²) >= 11 is 1.35. The van der Waals surface area contributed by atoms with Crippen molar-refractivity contribution in [2.45, 2.75) is 121 Å². The number of rotatable bonds is 31. The normalized spacial score (nSPS) is 15.4. The Labute approximate surface area is 402 Å². The second-order valence-electron chi connectivity index (χ2n) is 16.1. The van der Waals surface area contributed by atoms with Crippen LogP contribution in [0.1, 0.15) is 64.6 Å². The van der Waals surface area contributed by atoms with Crippen molar-refractivity contribution in [3.8, 4) is 0 Å². The molecule has 8 amide bonds. The Morgan fingerprint density at radius 3 is 1.65 bits per heavy atom. The van der Waals surface area contributed by atoms with Crippen LogP contribution in [0.3, 0.4) is 0 Å². The van der Waals surface area contributed by atoms with Gasteiger partial charge in [0, 0.05) is 31.2 Å². The summed E-state index contributed by atoms with van der Waals surface area (Å²) in [5.74, 6) is -10.1. The monoisotopic (exact) mass is 991 g/mol. The van der Waals surface area contributed by atoms with Crippen molar-refractivity contribution in [1.82, 2.24) is 52.5 Å². The van der Waals surface area contributed by atoms with E-state index in [1.54, 1.807) is 50.4 Å². The van der Waals surface area contributed by atoms with E-state index in [2.05, 4.69) is 52.5 Å². The molecule has 0 radical (unpaired) electrons. The largest absolute Gasteiger partial charge is 0.481 e. The molecule has 69 heavy (non-hydrogen) atoms. The number of imidazole rings is 1. The predicted molar refractivity (Wildman–Crippen MR) is 248 cm³/mol. The molecule has 0 aliphatic heterocycles. The molecule has 0 saturated carbocycles. The molecule has 10 atom stereocenters. The molecule has 0 aliphatic carbocycles. The number of carboxylic acid groups (broad SMARTS) is 2. The molecule has 0 spiro atoms. The van der Waals surface area contributed by atoms with Crippen LogP contribution in [-0.4, -0.2) is 169 Å². The Morgan fingerprint density at radius 1 is 0.638 bits per heavy atom. The number of hydrogen-bond donors (Lipinski definition) is 14. The van der Waals surface area contributed by atoms with Gasteiger partial charge >= 0.3 is 11.9 Å². The Bertz CT molecular complexity index is 2050. The van der Waals surface area contributed by atoms with Crippen molar-refractivity contribution in [2.75, 3.05) is 25.2 Å². The summed E-state index contributed by atoms with van der Waals surface area (Å²) in [5, 5.41) is 58.0. The third-order valence-corrected chi connectivity index (χ3v) is 11.3. The van der Waals surface area contributed by atoms with E-state index in [9.17, 15) is 63.3 Å². The number of aromatic nitrogens is 2. The van der Waals surface area contributed by atoms with Crippen LogP contribution < -0.4 is 48.3 Å². The van der Waals surface area contributed by atoms with Crippen molar-refractivity contribution >= 4 is 71.0 Å². The highest BCUT2D eigenvalue weighted by Gasteiger charge is 2.35. The quantitative estimate of drug-likeness (QED) is 0.0344. The molecule has 15 N–H and O–H groups in total. The van der Waals surface area contributed by atoms with Gasteiger partial charge in [-0.2, -0.15) is 11.8 Å². The number of aromatic amines is 1. The number of nitrogens with zero attached hydrogens (tertiary/aromatic N) is 1. The number of thioether (sulfide) groups is 1. The predicted octanol–water partition coefficient (Wildman–Crippen LogP) is -3.83. The van der Waals surface area contributed by atoms with Gasteiger partial charge in [0.05, 0.1) is 19.5 Å². The molecule has 26 heteroatoms. The first-order valence-corrected chi connectivity index (χ1v) is 23.4. The molecule has 0 bridgehead atoms. The fourth-order valence-electron chi connectivity index (χ4n) is 6.32. The number of carboxylic acids is 2. The number of benzene rings is 1. The van der Waals surface area contributed by atoms with Crippen LogP contribution in [0.25, 0.3) is 0 Å². The number of carbonyl (C=O) groups excluding carboxylic acids is 8. The van der Waals surface area contributed by atoms with Crippen LogP contribution in [-0.2, 0) is 60.8 Å². The van der Waals surface area contributed by atoms with Crippen LogP contribution in [0.5, 0.6) is 0 Å². The summed E-state index contributed by atoms with van der Waals surface area (Å²) in [5.41, 5.74) is 6.32. The zero-order chi connectivity index (χ0) is 51.8. The van der Waals surface area contributed by atoms with Gasteiger partial charge in [0.15, 0.2) is 0 Å². The van der Waals surface area contributed by atoms with Crippen LogP contribution in [0, 0.1) is 5.92 Å². The van der Waals surface area contributed by atoms with Crippen molar-refractivity contribution in [1.29, 1.82) is 0 Å². The van der Waals surface area contributed by atoms with E-state index in [4.69, 9.17) is 10.8 Å². The molecule has 0 saturated heterocycles. The smallest absolute Gasteiger partial charge is 0.326 e. The molecule has 0 aliphatic rings. The number of amides is 8. The summed E-state index contributed by atoms with van der Waals surface area (Å²) < 4.78 is 0. The number of aliphatic hydroxyl groups is 2. The number of nitrogens with one attached hydrogen (secondary N) is 9. The molecule has 2 rings (SSSR count). The van der Waals surface area contributed by atoms with E-state index in [0.717, 1.165) is 0 Å². The van der Waals surface area contributed by atoms with Gasteiger partial charge < -0.3 is 73.7 Å². The molecule has 0 fully saturated rings. The van der Waals surface area contributed by atoms with Gasteiger partial charge in [-0.3, -0.25) is 43.2 Å². The summed E-state index contributed by atoms with van der Waals surface area (Å²) in [6.45, 7) is 4.26. The van der Waals surface area contributed by atoms with Crippen LogP contribution in [0.4, 0.5) is 0 Å². The maximum Gasteiger partial charge on any atom is 0.326 e. The summed E-state index contributed by atoms with van der Waals surface area (Å²) in [4.78, 5) is 137. The lowest BCUT2D eigenvalue weighted by atomic mass is 9.98. The van der Waals surface area contributed by atoms with Crippen molar-refractivity contribution in [2.24, 2.45) is 11.7 Å². The SMILES string of the molecule is CC[C@H](C)[C@H](NC(=O)[C@H](CCSC)NC(=O)[C@H](CO)NC(=O)[C@H](Cc1ccccc1)NC(=O)[C@H](Cc1cnc[nH]1)NC(=O)[C@H](CCC(=O)O)NC(=O)[C@H](C)NC(=O)[C@H](C)NC(=O)[C@@H](N)CO)C(=O)O. The van der Waals surface area contributed by atoms with E-state index in [-0.39, 0.29) is 19.3 Å². The number of H-pyrrole nitrogens is 1. The number of aliphatic carboxylic acids is 2. The Balaban J connectivity index is 2.39. The minimum atomic E-state index is -1.68. The first-order chi connectivity index (χ1) is 32.6. The van der Waals surface area contributed by atoms with Crippen molar-refractivity contribution in [3.63, 3.8) is 0 Å². The first-order valence-electron chi connectivity index (χ1n) is 22.0. The fourth-order valence-corrected chi connectivity index (χ4v) is 6.79. The van der Waals surface area contributed by atoms with E-state index >= 15 is 0 Å². The van der Waals surface area contributed by atoms with Gasteiger partial charge in [0.1, 0.15) is 54.4 Å². The standard InChI is InChI=1S/C43H65N11O14S/c1-6-22(2)34(43(67)68)54-39(63)29(14-15-69-5)50-42(66)32(20-56)53-40(64)30(16-25-10-8-7-9-11-25)51-41(65)31(17-26-18-45-21-46-26)52-38(62)28(12-13-33(57)58)49-36(60)24(4)47-35(59)23(3)48-37(61)27(44)19-55/h7-11,18,21-24,27-32,34,55-56H,6,12-17,19-20,44H2,1-5H3,(H,45,46)(H,47,59)(H,48,61)(H,49,60)(H,50,66)(H,51,65)(H,52,62)(H,53,64)(H,54,63)(H,57,58)(H,67,68)/t22-,23-,24-,27-,28-,29-,30-,31-,32-,34-/m0/s1. The summed E-state index contributed by atoms with van der Waals surface area (Å²) in [6, 6.07) is -4.41. The van der Waals surface area contributed by atoms with E-state index in [1.165, 1.54) is 38.1 Å². The van der Waals surface area contributed by atoms with Gasteiger partial charge in [-0.25, -0.2) is 9.78 Å². The van der Waals surface area contributed by atoms with Gasteiger partial charge in [0.2, 0.25) is 47.3 Å². The average Bonchev–Trinajstić information content (AvgIpc) is 3.84. The highest BCUT2D eigenvalue weighted by atomic mass is 32.2. The van der Waals surface area contributed by atoms with Crippen LogP contribution >= 0.6 is 11.8 Å². The third kappa shape index (κ3) is 20.2. The second kappa shape index (κ2) is 30.0. The van der Waals surface area contributed by atoms with Gasteiger partial charge in [-0.15, -0.1) is 0 Å². The van der Waals surface area contributed by atoms with Gasteiger partial charge in [0.25, 0.3) is 0 Å². The maximum atomic E-state index is 14.2. The van der Waals surface area contributed by atoms with E-state index < -0.39 is 146 Å². The highest BCUT2D eigenvalue weighted by Crippen LogP contribution is 2.11. The summed E-state index contributed by atoms with van der Waals surface area (Å²) in [6.07, 6.45) is 3.30. The Kier molecular flexibility index (Phi) is 25.4. The van der Waals surface area contributed by atoms with E-state index in [0.29, 0.717) is 23.4 Å². The molecular formula is C43H65N11O14S. The van der Waals surface area contributed by atoms with Gasteiger partial charge in [-0.1, -0.05) is 50.6 Å². The Morgan fingerprint density at radius 2 is 1.13 bits per heavy atom. The number of carbonyl (C=O) groups is 10. The number of nitrogens with two attached hydrogens (primary N) is 1. The average molecular weight is 992 g/mol. The zero-order valence-electron chi connectivity index (χ0n) is 39.0. The third-order valence-electron chi connectivity index (χ3n) is 10.7. The van der Waals surface area contributed by atoms with Crippen LogP contribution in [0.15, 0.2) is 42.9 Å². The zero-order valence-corrected chi connectivity index (χ0v) is 39.8. The molecule has 1 heterocycles. The summed E-state index contributed by atoms with van der Waals surface area (Å²) in [7, 11) is 0. The minimum Gasteiger partial charge on any atom is -0.481 e. The van der Waals surface area contributed by atoms with Crippen LogP contribution in [0.2, 0.25) is 0 Å². The van der Waals surface area contributed by atoms with Crippen molar-refractivity contribution < 1.29 is 68.4 Å². The maximum absolute atomic E-state index is 14.2. The number of hydrogen-bond acceptors (Lipinski definition) is 15. The van der Waals surface area contributed by atoms with E-state index in [1.807, 2.05) is 0 Å². The number of aliphatic hydroxyl groups excluding tert-OH is 2. The second-order valence-corrected chi connectivity index (χ2v) is 17.1. The highest BCUT2D eigenvalue weighted by molar-refractivity contribution is 7.98. The molecular weight excluding hydrogens is 927 g/mol. The first kappa shape index (κ1) is 58.5. The minimum absolute atomic E-state index is 0.0626. The Hall–Kier alpha value is -6.64. The topological polar surface area (TPSA) is 403 Å². The molecule has 382 valence electrons. The lowest BCUT2D eigenvalue weighted by molar-refractivity contribution is -0.144.